The highest BCUT2D eigenvalue weighted by Gasteiger charge is 2.27. The van der Waals surface area contributed by atoms with E-state index in [1.54, 1.807) is 5.01 Å². The number of carbonyl (C=O) groups is 1. The molecule has 4 nitrogen and oxygen atoms in total. The standard InChI is InChI=1S/C16H14BrN3O/c17-16-14-4-2-1-3-13(14)15(10-21)20(19-16)9-11-5-7-12(18)8-6-11/h1-8,10,15H,9,18H2. The highest BCUT2D eigenvalue weighted by atomic mass is 79.9. The van der Waals surface area contributed by atoms with E-state index in [1.165, 1.54) is 0 Å². The summed E-state index contributed by atoms with van der Waals surface area (Å²) in [7, 11) is 0. The number of halogens is 1. The van der Waals surface area contributed by atoms with E-state index in [0.29, 0.717) is 6.54 Å². The molecule has 0 bridgehead atoms. The van der Waals surface area contributed by atoms with Gasteiger partial charge in [-0.1, -0.05) is 36.4 Å². The van der Waals surface area contributed by atoms with Crippen LogP contribution < -0.4 is 5.73 Å². The molecule has 0 spiro atoms. The second-order valence-corrected chi connectivity index (χ2v) is 5.65. The highest BCUT2D eigenvalue weighted by molar-refractivity contribution is 9.18. The largest absolute Gasteiger partial charge is 0.399 e. The molecular weight excluding hydrogens is 330 g/mol. The van der Waals surface area contributed by atoms with E-state index in [9.17, 15) is 4.79 Å². The Labute approximate surface area is 131 Å². The van der Waals surface area contributed by atoms with Crippen LogP contribution in [0.5, 0.6) is 0 Å². The van der Waals surface area contributed by atoms with Gasteiger partial charge in [0.25, 0.3) is 0 Å². The lowest BCUT2D eigenvalue weighted by atomic mass is 9.99. The molecule has 0 radical (unpaired) electrons. The van der Waals surface area contributed by atoms with Gasteiger partial charge in [0.2, 0.25) is 0 Å². The summed E-state index contributed by atoms with van der Waals surface area (Å²) in [5.41, 5.74) is 9.39. The van der Waals surface area contributed by atoms with Gasteiger partial charge in [0.15, 0.2) is 0 Å². The molecule has 106 valence electrons. The molecule has 0 aromatic heterocycles. The zero-order valence-corrected chi connectivity index (χ0v) is 12.8. The first-order valence-electron chi connectivity index (χ1n) is 6.59. The third-order valence-electron chi connectivity index (χ3n) is 3.49. The molecule has 21 heavy (non-hydrogen) atoms. The second-order valence-electron chi connectivity index (χ2n) is 4.90. The molecule has 1 unspecified atom stereocenters. The van der Waals surface area contributed by atoms with Crippen LogP contribution in [-0.4, -0.2) is 15.9 Å². The third-order valence-corrected chi connectivity index (χ3v) is 4.08. The molecule has 2 N–H and O–H groups in total. The SMILES string of the molecule is Nc1ccc(CN2N=C(Br)c3ccccc3C2C=O)cc1. The monoisotopic (exact) mass is 343 g/mol. The van der Waals surface area contributed by atoms with Crippen molar-refractivity contribution in [2.45, 2.75) is 12.6 Å². The molecule has 2 aromatic carbocycles. The molecule has 3 rings (SSSR count). The van der Waals surface area contributed by atoms with Crippen LogP contribution in [0.1, 0.15) is 22.7 Å². The maximum absolute atomic E-state index is 11.5. The molecule has 0 amide bonds. The molecule has 1 heterocycles. The summed E-state index contributed by atoms with van der Waals surface area (Å²) >= 11 is 3.48. The van der Waals surface area contributed by atoms with Crippen LogP contribution in [0, 0.1) is 0 Å². The smallest absolute Gasteiger partial charge is 0.148 e. The molecule has 0 saturated heterocycles. The van der Waals surface area contributed by atoms with Crippen molar-refractivity contribution in [3.8, 4) is 0 Å². The third kappa shape index (κ3) is 2.69. The number of anilines is 1. The zero-order chi connectivity index (χ0) is 14.8. The summed E-state index contributed by atoms with van der Waals surface area (Å²) in [4.78, 5) is 11.5. The summed E-state index contributed by atoms with van der Waals surface area (Å²) in [5.74, 6) is 0. The Balaban J connectivity index is 1.94. The van der Waals surface area contributed by atoms with Crippen molar-refractivity contribution in [1.29, 1.82) is 0 Å². The Morgan fingerprint density at radius 3 is 2.62 bits per heavy atom. The fourth-order valence-electron chi connectivity index (χ4n) is 2.42. The van der Waals surface area contributed by atoms with Crippen molar-refractivity contribution in [2.24, 2.45) is 5.10 Å². The summed E-state index contributed by atoms with van der Waals surface area (Å²) < 4.78 is 0.742. The zero-order valence-electron chi connectivity index (χ0n) is 11.2. The normalized spacial score (nSPS) is 17.1. The van der Waals surface area contributed by atoms with Gasteiger partial charge in [-0.25, -0.2) is 0 Å². The Morgan fingerprint density at radius 1 is 1.19 bits per heavy atom. The van der Waals surface area contributed by atoms with Crippen LogP contribution in [0.2, 0.25) is 0 Å². The maximum Gasteiger partial charge on any atom is 0.148 e. The number of hydrogen-bond acceptors (Lipinski definition) is 4. The number of hydrazone groups is 1. The van der Waals surface area contributed by atoms with Crippen molar-refractivity contribution < 1.29 is 4.79 Å². The van der Waals surface area contributed by atoms with Crippen molar-refractivity contribution >= 4 is 32.5 Å². The average Bonchev–Trinajstić information content (AvgIpc) is 2.50. The van der Waals surface area contributed by atoms with E-state index in [0.717, 1.165) is 33.3 Å². The first kappa shape index (κ1) is 13.8. The van der Waals surface area contributed by atoms with Crippen molar-refractivity contribution in [1.82, 2.24) is 5.01 Å². The molecule has 2 aromatic rings. The number of hydrogen-bond donors (Lipinski definition) is 1. The van der Waals surface area contributed by atoms with Gasteiger partial charge in [0, 0.05) is 11.3 Å². The summed E-state index contributed by atoms with van der Waals surface area (Å²) in [6.45, 7) is 0.549. The lowest BCUT2D eigenvalue weighted by Gasteiger charge is -2.31. The van der Waals surface area contributed by atoms with Gasteiger partial charge in [0.05, 0.1) is 6.54 Å². The predicted molar refractivity (Wildman–Crippen MR) is 87.1 cm³/mol. The first-order chi connectivity index (χ1) is 10.2. The Morgan fingerprint density at radius 2 is 1.90 bits per heavy atom. The minimum atomic E-state index is -0.375. The van der Waals surface area contributed by atoms with E-state index in [4.69, 9.17) is 5.73 Å². The quantitative estimate of drug-likeness (QED) is 0.688. The van der Waals surface area contributed by atoms with Crippen LogP contribution in [-0.2, 0) is 11.3 Å². The van der Waals surface area contributed by atoms with E-state index < -0.39 is 0 Å². The fraction of sp³-hybridized carbons (Fsp3) is 0.125. The predicted octanol–water partition coefficient (Wildman–Crippen LogP) is 3.08. The first-order valence-corrected chi connectivity index (χ1v) is 7.38. The Kier molecular flexibility index (Phi) is 3.75. The van der Waals surface area contributed by atoms with Gasteiger partial charge in [0.1, 0.15) is 16.9 Å². The number of nitrogen functional groups attached to an aromatic ring is 1. The summed E-state index contributed by atoms with van der Waals surface area (Å²) in [5, 5.41) is 6.28. The van der Waals surface area contributed by atoms with Crippen molar-refractivity contribution in [3.63, 3.8) is 0 Å². The van der Waals surface area contributed by atoms with Crippen LogP contribution in [0.25, 0.3) is 0 Å². The fourth-order valence-corrected chi connectivity index (χ4v) is 2.98. The van der Waals surface area contributed by atoms with Gasteiger partial charge in [-0.05, 0) is 39.2 Å². The van der Waals surface area contributed by atoms with Crippen LogP contribution in [0.4, 0.5) is 5.69 Å². The number of aldehydes is 1. The van der Waals surface area contributed by atoms with Gasteiger partial charge in [-0.15, -0.1) is 0 Å². The topological polar surface area (TPSA) is 58.7 Å². The molecule has 0 aliphatic carbocycles. The lowest BCUT2D eigenvalue weighted by molar-refractivity contribution is -0.112. The number of nitrogens with two attached hydrogens (primary N) is 1. The van der Waals surface area contributed by atoms with Crippen LogP contribution in [0.15, 0.2) is 53.6 Å². The minimum Gasteiger partial charge on any atom is -0.399 e. The lowest BCUT2D eigenvalue weighted by Crippen LogP contribution is -2.30. The number of fused-ring (bicyclic) bond motifs is 1. The number of carbonyl (C=O) groups excluding carboxylic acids is 1. The van der Waals surface area contributed by atoms with Gasteiger partial charge in [-0.3, -0.25) is 5.01 Å². The summed E-state index contributed by atoms with van der Waals surface area (Å²) in [6.07, 6.45) is 0.930. The van der Waals surface area contributed by atoms with Gasteiger partial charge < -0.3 is 10.5 Å². The molecule has 1 atom stereocenters. The molecular formula is C16H14BrN3O. The van der Waals surface area contributed by atoms with E-state index in [1.807, 2.05) is 48.5 Å². The van der Waals surface area contributed by atoms with Crippen LogP contribution >= 0.6 is 15.9 Å². The summed E-state index contributed by atoms with van der Waals surface area (Å²) in [6, 6.07) is 15.0. The molecule has 1 aliphatic heterocycles. The number of rotatable bonds is 3. The van der Waals surface area contributed by atoms with Gasteiger partial charge in [-0.2, -0.15) is 5.10 Å². The Hall–Kier alpha value is -2.14. The highest BCUT2D eigenvalue weighted by Crippen LogP contribution is 2.31. The number of benzene rings is 2. The maximum atomic E-state index is 11.5. The van der Waals surface area contributed by atoms with Crippen LogP contribution in [0.3, 0.4) is 0 Å². The second kappa shape index (κ2) is 5.69. The minimum absolute atomic E-state index is 0.375. The molecule has 1 aliphatic rings. The number of nitrogens with zero attached hydrogens (tertiary/aromatic N) is 2. The molecule has 0 saturated carbocycles. The molecule has 0 fully saturated rings. The molecule has 5 heteroatoms. The van der Waals surface area contributed by atoms with E-state index in [-0.39, 0.29) is 6.04 Å². The Bertz CT molecular complexity index is 697. The van der Waals surface area contributed by atoms with Crippen molar-refractivity contribution in [2.75, 3.05) is 5.73 Å². The van der Waals surface area contributed by atoms with E-state index >= 15 is 0 Å². The van der Waals surface area contributed by atoms with Crippen molar-refractivity contribution in [3.05, 3.63) is 65.2 Å². The van der Waals surface area contributed by atoms with E-state index in [2.05, 4.69) is 21.0 Å². The van der Waals surface area contributed by atoms with Gasteiger partial charge >= 0.3 is 0 Å². The average molecular weight is 344 g/mol.